The van der Waals surface area contributed by atoms with Crippen molar-refractivity contribution in [3.05, 3.63) is 30.3 Å². The number of piperidine rings is 1. The molecule has 0 aromatic heterocycles. The molecule has 2 saturated heterocycles. The minimum absolute atomic E-state index is 0.226. The van der Waals surface area contributed by atoms with Gasteiger partial charge in [-0.25, -0.2) is 4.79 Å². The summed E-state index contributed by atoms with van der Waals surface area (Å²) in [4.78, 5) is 16.2. The van der Waals surface area contributed by atoms with Gasteiger partial charge in [0, 0.05) is 39.1 Å². The Balaban J connectivity index is 1.44. The fourth-order valence-corrected chi connectivity index (χ4v) is 3.39. The highest BCUT2D eigenvalue weighted by molar-refractivity contribution is 5.70. The Kier molecular flexibility index (Phi) is 5.58. The number of carbonyl (C=O) groups excluding carboxylic acids is 1. The number of benzene rings is 1. The summed E-state index contributed by atoms with van der Waals surface area (Å²) in [7, 11) is 0. The average molecular weight is 334 g/mol. The Morgan fingerprint density at radius 1 is 1.17 bits per heavy atom. The number of amides is 1. The molecule has 0 unspecified atom stereocenters. The van der Waals surface area contributed by atoms with E-state index in [1.54, 1.807) is 4.90 Å². The van der Waals surface area contributed by atoms with Gasteiger partial charge in [0.2, 0.25) is 0 Å². The van der Waals surface area contributed by atoms with Crippen molar-refractivity contribution in [2.24, 2.45) is 0 Å². The lowest BCUT2D eigenvalue weighted by Gasteiger charge is -2.37. The van der Waals surface area contributed by atoms with Crippen molar-refractivity contribution >= 4 is 6.09 Å². The van der Waals surface area contributed by atoms with Crippen molar-refractivity contribution in [1.82, 2.24) is 9.80 Å². The number of nitrogens with zero attached hydrogens (tertiary/aromatic N) is 2. The van der Waals surface area contributed by atoms with Crippen molar-refractivity contribution in [1.29, 1.82) is 0 Å². The number of para-hydroxylation sites is 1. The maximum absolute atomic E-state index is 12.1. The highest BCUT2D eigenvalue weighted by Gasteiger charge is 2.46. The van der Waals surface area contributed by atoms with E-state index in [9.17, 15) is 4.79 Å². The van der Waals surface area contributed by atoms with Crippen LogP contribution in [0.1, 0.15) is 19.3 Å². The molecule has 6 nitrogen and oxygen atoms in total. The fraction of sp³-hybridized carbons (Fsp3) is 0.611. The minimum Gasteiger partial charge on any atom is -0.492 e. The highest BCUT2D eigenvalue weighted by Crippen LogP contribution is 2.33. The zero-order valence-electron chi connectivity index (χ0n) is 14.0. The number of carbonyl (C=O) groups is 1. The molecular weight excluding hydrogens is 308 g/mol. The summed E-state index contributed by atoms with van der Waals surface area (Å²) in [5, 5.41) is 8.92. The Labute approximate surface area is 143 Å². The first-order valence-corrected chi connectivity index (χ1v) is 8.70. The van der Waals surface area contributed by atoms with E-state index < -0.39 is 0 Å². The van der Waals surface area contributed by atoms with Crippen LogP contribution < -0.4 is 4.74 Å². The molecular formula is C18H26N2O4. The molecule has 1 aromatic rings. The molecule has 0 aliphatic carbocycles. The molecule has 0 radical (unpaired) electrons. The van der Waals surface area contributed by atoms with Gasteiger partial charge in [-0.1, -0.05) is 18.2 Å². The molecule has 6 heteroatoms. The van der Waals surface area contributed by atoms with Gasteiger partial charge < -0.3 is 24.4 Å². The van der Waals surface area contributed by atoms with Gasteiger partial charge >= 0.3 is 6.09 Å². The molecule has 132 valence electrons. The summed E-state index contributed by atoms with van der Waals surface area (Å²) in [6, 6.07) is 9.62. The van der Waals surface area contributed by atoms with Crippen LogP contribution in [0.4, 0.5) is 4.79 Å². The molecule has 1 N–H and O–H groups in total. The van der Waals surface area contributed by atoms with Crippen LogP contribution in [0.2, 0.25) is 0 Å². The van der Waals surface area contributed by atoms with Crippen LogP contribution in [0, 0.1) is 0 Å². The quantitative estimate of drug-likeness (QED) is 0.823. The van der Waals surface area contributed by atoms with Crippen LogP contribution in [0.15, 0.2) is 30.3 Å². The zero-order chi connectivity index (χ0) is 16.8. The van der Waals surface area contributed by atoms with E-state index in [0.29, 0.717) is 19.7 Å². The van der Waals surface area contributed by atoms with Crippen molar-refractivity contribution in [3.8, 4) is 5.75 Å². The third-order valence-corrected chi connectivity index (χ3v) is 4.81. The van der Waals surface area contributed by atoms with Crippen LogP contribution >= 0.6 is 0 Å². The molecule has 0 saturated carbocycles. The SMILES string of the molecule is O=C1OC2(CCN(CCCO)CC2)CN1CCOc1ccccc1. The van der Waals surface area contributed by atoms with Gasteiger partial charge in [0.25, 0.3) is 0 Å². The normalized spacial score (nSPS) is 20.4. The maximum Gasteiger partial charge on any atom is 0.410 e. The summed E-state index contributed by atoms with van der Waals surface area (Å²) in [6.07, 6.45) is 2.30. The zero-order valence-corrected chi connectivity index (χ0v) is 14.0. The molecule has 2 heterocycles. The first-order valence-electron chi connectivity index (χ1n) is 8.70. The summed E-state index contributed by atoms with van der Waals surface area (Å²) in [6.45, 7) is 4.64. The summed E-state index contributed by atoms with van der Waals surface area (Å²) < 4.78 is 11.4. The van der Waals surface area contributed by atoms with E-state index in [1.165, 1.54) is 0 Å². The van der Waals surface area contributed by atoms with Gasteiger partial charge in [-0.3, -0.25) is 0 Å². The summed E-state index contributed by atoms with van der Waals surface area (Å²) in [5.41, 5.74) is -0.334. The van der Waals surface area contributed by atoms with E-state index in [1.807, 2.05) is 30.3 Å². The number of hydrogen-bond acceptors (Lipinski definition) is 5. The number of ether oxygens (including phenoxy) is 2. The maximum atomic E-state index is 12.1. The monoisotopic (exact) mass is 334 g/mol. The fourth-order valence-electron chi connectivity index (χ4n) is 3.39. The number of hydrogen-bond donors (Lipinski definition) is 1. The van der Waals surface area contributed by atoms with Crippen molar-refractivity contribution in [3.63, 3.8) is 0 Å². The second-order valence-electron chi connectivity index (χ2n) is 6.55. The number of aliphatic hydroxyl groups excluding tert-OH is 1. The summed E-state index contributed by atoms with van der Waals surface area (Å²) >= 11 is 0. The minimum atomic E-state index is -0.334. The van der Waals surface area contributed by atoms with E-state index in [0.717, 1.165) is 44.6 Å². The van der Waals surface area contributed by atoms with Crippen LogP contribution in [-0.4, -0.2) is 72.5 Å². The molecule has 2 aliphatic heterocycles. The molecule has 0 atom stereocenters. The molecule has 1 aromatic carbocycles. The Morgan fingerprint density at radius 2 is 1.92 bits per heavy atom. The number of likely N-dealkylation sites (tertiary alicyclic amines) is 1. The van der Waals surface area contributed by atoms with Crippen LogP contribution in [-0.2, 0) is 4.74 Å². The standard InChI is InChI=1S/C18H26N2O4/c21-13-4-9-19-10-7-18(8-11-19)15-20(17(22)24-18)12-14-23-16-5-2-1-3-6-16/h1-3,5-6,21H,4,7-15H2. The highest BCUT2D eigenvalue weighted by atomic mass is 16.6. The van der Waals surface area contributed by atoms with Gasteiger partial charge in [0.05, 0.1) is 13.1 Å². The van der Waals surface area contributed by atoms with Crippen molar-refractivity contribution in [2.75, 3.05) is 45.9 Å². The Hall–Kier alpha value is -1.79. The third kappa shape index (κ3) is 4.19. The molecule has 3 rings (SSSR count). The van der Waals surface area contributed by atoms with E-state index in [-0.39, 0.29) is 18.3 Å². The Morgan fingerprint density at radius 3 is 2.62 bits per heavy atom. The van der Waals surface area contributed by atoms with Crippen LogP contribution in [0.3, 0.4) is 0 Å². The second kappa shape index (κ2) is 7.85. The second-order valence-corrected chi connectivity index (χ2v) is 6.55. The molecule has 2 aliphatic rings. The van der Waals surface area contributed by atoms with Gasteiger partial charge in [-0.05, 0) is 18.6 Å². The van der Waals surface area contributed by atoms with Gasteiger partial charge in [-0.15, -0.1) is 0 Å². The van der Waals surface area contributed by atoms with Crippen LogP contribution in [0.25, 0.3) is 0 Å². The van der Waals surface area contributed by atoms with E-state index in [4.69, 9.17) is 14.6 Å². The lowest BCUT2D eigenvalue weighted by molar-refractivity contribution is -0.000237. The number of rotatable bonds is 7. The van der Waals surface area contributed by atoms with Gasteiger partial charge in [0.1, 0.15) is 18.0 Å². The molecule has 2 fully saturated rings. The van der Waals surface area contributed by atoms with E-state index in [2.05, 4.69) is 4.90 Å². The molecule has 24 heavy (non-hydrogen) atoms. The van der Waals surface area contributed by atoms with Gasteiger partial charge in [-0.2, -0.15) is 0 Å². The van der Waals surface area contributed by atoms with Crippen molar-refractivity contribution in [2.45, 2.75) is 24.9 Å². The largest absolute Gasteiger partial charge is 0.492 e. The first-order chi connectivity index (χ1) is 11.7. The molecule has 1 amide bonds. The van der Waals surface area contributed by atoms with Crippen LogP contribution in [0.5, 0.6) is 5.75 Å². The van der Waals surface area contributed by atoms with Gasteiger partial charge in [0.15, 0.2) is 0 Å². The number of aliphatic hydroxyl groups is 1. The van der Waals surface area contributed by atoms with E-state index >= 15 is 0 Å². The smallest absolute Gasteiger partial charge is 0.410 e. The molecule has 1 spiro atoms. The predicted molar refractivity (Wildman–Crippen MR) is 90.1 cm³/mol. The van der Waals surface area contributed by atoms with Crippen molar-refractivity contribution < 1.29 is 19.4 Å². The predicted octanol–water partition coefficient (Wildman–Crippen LogP) is 1.73. The lowest BCUT2D eigenvalue weighted by Crippen LogP contribution is -2.47. The summed E-state index contributed by atoms with van der Waals surface area (Å²) in [5.74, 6) is 0.817. The topological polar surface area (TPSA) is 62.2 Å². The third-order valence-electron chi connectivity index (χ3n) is 4.81. The first kappa shape index (κ1) is 17.0. The Bertz CT molecular complexity index is 529. The molecule has 0 bridgehead atoms. The average Bonchev–Trinajstić information content (AvgIpc) is 2.91. The lowest BCUT2D eigenvalue weighted by atomic mass is 9.91.